The molecule has 10 nitrogen and oxygen atoms in total. The van der Waals surface area contributed by atoms with Crippen molar-refractivity contribution in [2.75, 3.05) is 0 Å². The molecule has 0 aliphatic carbocycles. The summed E-state index contributed by atoms with van der Waals surface area (Å²) in [5.41, 5.74) is 5.10. The second kappa shape index (κ2) is 17.7. The third-order valence-corrected chi connectivity index (χ3v) is 4.37. The van der Waals surface area contributed by atoms with E-state index in [1.165, 1.54) is 0 Å². The van der Waals surface area contributed by atoms with E-state index in [2.05, 4.69) is 9.97 Å². The molecule has 2 N–H and O–H groups in total. The molecule has 0 radical (unpaired) electrons. The summed E-state index contributed by atoms with van der Waals surface area (Å²) in [6, 6.07) is 23.9. The van der Waals surface area contributed by atoms with Crippen molar-refractivity contribution in [3.63, 3.8) is 0 Å². The van der Waals surface area contributed by atoms with Crippen molar-refractivity contribution in [1.82, 2.24) is 9.97 Å². The number of aliphatic carboxylic acids is 3. The van der Waals surface area contributed by atoms with Crippen LogP contribution in [0.4, 0.5) is 0 Å². The molecule has 0 spiro atoms. The molecule has 0 fully saturated rings. The zero-order chi connectivity index (χ0) is 29.5. The Bertz CT molecular complexity index is 1390. The molecule has 4 rings (SSSR count). The van der Waals surface area contributed by atoms with Gasteiger partial charge in [-0.05, 0) is 81.8 Å². The van der Waals surface area contributed by atoms with Crippen molar-refractivity contribution < 1.29 is 57.0 Å². The predicted octanol–water partition coefficient (Wildman–Crippen LogP) is 1.46. The van der Waals surface area contributed by atoms with Crippen molar-refractivity contribution in [1.29, 1.82) is 0 Å². The molecule has 4 aromatic rings. The number of pyridine rings is 2. The topological polar surface area (TPSA) is 187 Å². The smallest absolute Gasteiger partial charge is 0.550 e. The maximum atomic E-state index is 10.2. The number of aryl methyl sites for hydroxylation is 1. The number of carbonyl (C=O) groups is 3. The first kappa shape index (κ1) is 35.3. The predicted molar refractivity (Wildman–Crippen MR) is 138 cm³/mol. The fourth-order valence-electron chi connectivity index (χ4n) is 3.00. The second-order valence-corrected chi connectivity index (χ2v) is 7.83. The van der Waals surface area contributed by atoms with Crippen LogP contribution in [-0.4, -0.2) is 38.1 Å². The number of carboxylic acid groups (broad SMARTS) is 3. The molecule has 11 heteroatoms. The monoisotopic (exact) mass is 586 g/mol. The van der Waals surface area contributed by atoms with Crippen LogP contribution in [0.2, 0.25) is 0 Å². The van der Waals surface area contributed by atoms with E-state index in [-0.39, 0.29) is 28.6 Å². The van der Waals surface area contributed by atoms with Gasteiger partial charge in [-0.1, -0.05) is 30.3 Å². The molecule has 208 valence electrons. The number of hydrogen-bond donors (Lipinski definition) is 2. The molecular formula is C29H27MnN2O8. The fourth-order valence-corrected chi connectivity index (χ4v) is 3.00. The van der Waals surface area contributed by atoms with Gasteiger partial charge in [0.1, 0.15) is 11.5 Å². The minimum atomic E-state index is -1.08. The zero-order valence-corrected chi connectivity index (χ0v) is 23.3. The third kappa shape index (κ3) is 13.2. The Hall–Kier alpha value is -4.73. The summed E-state index contributed by atoms with van der Waals surface area (Å²) in [5.74, 6) is -2.86. The van der Waals surface area contributed by atoms with Gasteiger partial charge < -0.3 is 39.9 Å². The van der Waals surface area contributed by atoms with Crippen LogP contribution in [0.5, 0.6) is 11.5 Å². The Morgan fingerprint density at radius 3 is 1.35 bits per heavy atom. The van der Waals surface area contributed by atoms with E-state index in [1.54, 1.807) is 18.2 Å². The quantitative estimate of drug-likeness (QED) is 0.333. The molecule has 0 unspecified atom stereocenters. The van der Waals surface area contributed by atoms with Gasteiger partial charge in [0, 0.05) is 29.0 Å². The molecule has 0 aliphatic rings. The third-order valence-electron chi connectivity index (χ3n) is 4.37. The van der Waals surface area contributed by atoms with E-state index in [0.29, 0.717) is 33.9 Å². The summed E-state index contributed by atoms with van der Waals surface area (Å²) >= 11 is 0. The van der Waals surface area contributed by atoms with Crippen molar-refractivity contribution in [3.05, 3.63) is 84.4 Å². The molecule has 0 amide bonds. The summed E-state index contributed by atoms with van der Waals surface area (Å²) in [6.07, 6.45) is 0. The summed E-state index contributed by atoms with van der Waals surface area (Å²) in [4.78, 5) is 36.0. The molecule has 0 atom stereocenters. The molecule has 2 aromatic heterocycles. The normalized spacial score (nSPS) is 9.10. The number of hydrogen-bond acceptors (Lipinski definition) is 10. The van der Waals surface area contributed by atoms with Crippen molar-refractivity contribution in [3.8, 4) is 45.4 Å². The van der Waals surface area contributed by atoms with Gasteiger partial charge >= 0.3 is 17.1 Å². The van der Waals surface area contributed by atoms with E-state index in [4.69, 9.17) is 29.7 Å². The molecule has 2 heterocycles. The van der Waals surface area contributed by atoms with E-state index in [1.807, 2.05) is 67.6 Å². The average molecular weight is 586 g/mol. The van der Waals surface area contributed by atoms with Crippen LogP contribution in [0.1, 0.15) is 26.3 Å². The Kier molecular flexibility index (Phi) is 15.6. The Morgan fingerprint density at radius 1 is 0.575 bits per heavy atom. The summed E-state index contributed by atoms with van der Waals surface area (Å²) in [5, 5.41) is 47.0. The van der Waals surface area contributed by atoms with Gasteiger partial charge in [-0.15, -0.1) is 0 Å². The fraction of sp³-hybridized carbons (Fsp3) is 0.138. The number of aromatic nitrogens is 2. The Balaban J connectivity index is 0.000000997. The van der Waals surface area contributed by atoms with Crippen LogP contribution < -0.4 is 15.3 Å². The number of carboxylic acids is 3. The second-order valence-electron chi connectivity index (χ2n) is 7.83. The van der Waals surface area contributed by atoms with Crippen molar-refractivity contribution in [2.24, 2.45) is 0 Å². The van der Waals surface area contributed by atoms with Crippen molar-refractivity contribution >= 4 is 17.9 Å². The average Bonchev–Trinajstić information content (AvgIpc) is 2.83. The number of benzene rings is 2. The molecule has 0 saturated carbocycles. The van der Waals surface area contributed by atoms with Gasteiger partial charge in [-0.25, -0.2) is 9.97 Å². The number of carbonyl (C=O) groups excluding carboxylic acids is 3. The van der Waals surface area contributed by atoms with Crippen LogP contribution in [0, 0.1) is 6.92 Å². The minimum absolute atomic E-state index is 0. The largest absolute Gasteiger partial charge is 3.00 e. The van der Waals surface area contributed by atoms with Gasteiger partial charge in [-0.2, -0.15) is 0 Å². The maximum Gasteiger partial charge on any atom is 3.00 e. The van der Waals surface area contributed by atoms with Crippen LogP contribution >= 0.6 is 0 Å². The first-order valence-electron chi connectivity index (χ1n) is 11.4. The van der Waals surface area contributed by atoms with Gasteiger partial charge in [0.05, 0.1) is 22.8 Å². The maximum absolute atomic E-state index is 10.2. The first-order valence-corrected chi connectivity index (χ1v) is 11.4. The van der Waals surface area contributed by atoms with E-state index in [0.717, 1.165) is 26.3 Å². The molecule has 2 aromatic carbocycles. The zero-order valence-electron chi connectivity index (χ0n) is 22.1. The Morgan fingerprint density at radius 2 is 0.950 bits per heavy atom. The minimum Gasteiger partial charge on any atom is -0.550 e. The number of rotatable bonds is 3. The van der Waals surface area contributed by atoms with Gasteiger partial charge in [-0.3, -0.25) is 0 Å². The molecular weight excluding hydrogens is 559 g/mol. The van der Waals surface area contributed by atoms with Gasteiger partial charge in [0.15, 0.2) is 0 Å². The number of phenolic OH excluding ortho intramolecular Hbond substituents is 2. The number of para-hydroxylation sites is 1. The number of aromatic hydroxyl groups is 2. The van der Waals surface area contributed by atoms with Crippen LogP contribution in [0.3, 0.4) is 0 Å². The van der Waals surface area contributed by atoms with Crippen LogP contribution in [-0.2, 0) is 31.5 Å². The summed E-state index contributed by atoms with van der Waals surface area (Å²) in [6.45, 7) is 4.85. The van der Waals surface area contributed by atoms with E-state index >= 15 is 0 Å². The number of nitrogens with zero attached hydrogens (tertiary/aromatic N) is 2. The van der Waals surface area contributed by atoms with Gasteiger partial charge in [0.25, 0.3) is 0 Å². The molecule has 40 heavy (non-hydrogen) atoms. The first-order chi connectivity index (χ1) is 18.3. The summed E-state index contributed by atoms with van der Waals surface area (Å²) < 4.78 is 0. The SMILES string of the molecule is CC(=O)[O-].CC(=O)[O-].CC(=O)[O-].Cc1ccc(-c2cccc(-c3cccc(-c4ccccc4O)n3)n2)c(O)c1.[Mn+3]. The van der Waals surface area contributed by atoms with Crippen LogP contribution in [0.25, 0.3) is 33.9 Å². The molecule has 0 saturated heterocycles. The van der Waals surface area contributed by atoms with E-state index in [9.17, 15) is 10.2 Å². The standard InChI is InChI=1S/C23H18N2O2.3C2H4O2.Mn/c1-15-12-13-17(23(27)14-15)19-8-5-10-21(25-19)20-9-4-7-18(24-20)16-6-2-3-11-22(16)26;3*1-2(3)4;/h2-14,26-27H,1H3;3*1H3,(H,3,4);/q;;;;+3/p-3. The van der Waals surface area contributed by atoms with Gasteiger partial charge in [0.2, 0.25) is 0 Å². The summed E-state index contributed by atoms with van der Waals surface area (Å²) in [7, 11) is 0. The van der Waals surface area contributed by atoms with Crippen LogP contribution in [0.15, 0.2) is 78.9 Å². The molecule has 0 aliphatic heterocycles. The Labute approximate surface area is 242 Å². The number of phenols is 2. The van der Waals surface area contributed by atoms with E-state index < -0.39 is 17.9 Å². The van der Waals surface area contributed by atoms with Crippen molar-refractivity contribution in [2.45, 2.75) is 27.7 Å². The molecule has 0 bridgehead atoms.